The number of rotatable bonds is 4. The monoisotopic (exact) mass is 310 g/mol. The minimum atomic E-state index is -0.980. The molecule has 1 aromatic rings. The van der Waals surface area contributed by atoms with Crippen molar-refractivity contribution in [2.75, 3.05) is 5.32 Å². The van der Waals surface area contributed by atoms with Crippen LogP contribution in [0.2, 0.25) is 5.02 Å². The molecule has 0 aliphatic carbocycles. The summed E-state index contributed by atoms with van der Waals surface area (Å²) < 4.78 is 5.05. The highest BCUT2D eigenvalue weighted by molar-refractivity contribution is 6.33. The van der Waals surface area contributed by atoms with E-state index in [2.05, 4.69) is 10.6 Å². The molecular formula is C14H15ClN2O4. The van der Waals surface area contributed by atoms with Crippen LogP contribution in [0, 0.1) is 0 Å². The molecule has 21 heavy (non-hydrogen) atoms. The predicted octanol–water partition coefficient (Wildman–Crippen LogP) is 1.49. The fraction of sp³-hybridized carbons (Fsp3) is 0.357. The Morgan fingerprint density at radius 1 is 1.43 bits per heavy atom. The highest BCUT2D eigenvalue weighted by atomic mass is 35.5. The molecule has 0 unspecified atom stereocenters. The van der Waals surface area contributed by atoms with Crippen LogP contribution in [0.15, 0.2) is 24.3 Å². The second-order valence-corrected chi connectivity index (χ2v) is 5.11. The van der Waals surface area contributed by atoms with Gasteiger partial charge in [0.15, 0.2) is 6.10 Å². The lowest BCUT2D eigenvalue weighted by Crippen LogP contribution is -2.39. The smallest absolute Gasteiger partial charge is 0.329 e. The third kappa shape index (κ3) is 3.95. The van der Waals surface area contributed by atoms with Crippen LogP contribution >= 0.6 is 11.6 Å². The maximum atomic E-state index is 11.9. The second kappa shape index (κ2) is 6.58. The number of carbonyl (C=O) groups is 3. The molecule has 112 valence electrons. The molecule has 2 amide bonds. The number of carbonyl (C=O) groups excluding carboxylic acids is 3. The van der Waals surface area contributed by atoms with Crippen LogP contribution < -0.4 is 10.6 Å². The van der Waals surface area contributed by atoms with Gasteiger partial charge in [-0.25, -0.2) is 4.79 Å². The lowest BCUT2D eigenvalue weighted by Gasteiger charge is -2.16. The number of benzene rings is 1. The van der Waals surface area contributed by atoms with E-state index < -0.39 is 24.0 Å². The van der Waals surface area contributed by atoms with E-state index in [0.717, 1.165) is 0 Å². The predicted molar refractivity (Wildman–Crippen MR) is 76.8 cm³/mol. The number of hydrogen-bond donors (Lipinski definition) is 2. The fourth-order valence-corrected chi connectivity index (χ4v) is 2.08. The molecule has 2 rings (SSSR count). The zero-order valence-corrected chi connectivity index (χ0v) is 12.1. The number of hydrogen-bond acceptors (Lipinski definition) is 4. The van der Waals surface area contributed by atoms with Crippen molar-refractivity contribution in [1.29, 1.82) is 0 Å². The van der Waals surface area contributed by atoms with Crippen molar-refractivity contribution < 1.29 is 19.1 Å². The lowest BCUT2D eigenvalue weighted by atomic mass is 10.2. The van der Waals surface area contributed by atoms with E-state index in [1.807, 2.05) is 0 Å². The molecule has 2 N–H and O–H groups in total. The topological polar surface area (TPSA) is 84.5 Å². The summed E-state index contributed by atoms with van der Waals surface area (Å²) in [6.07, 6.45) is -0.303. The Balaban J connectivity index is 1.89. The first-order valence-corrected chi connectivity index (χ1v) is 6.90. The Morgan fingerprint density at radius 3 is 2.76 bits per heavy atom. The number of halogens is 1. The highest BCUT2D eigenvalue weighted by Crippen LogP contribution is 2.20. The van der Waals surface area contributed by atoms with Gasteiger partial charge in [0, 0.05) is 6.42 Å². The van der Waals surface area contributed by atoms with Crippen molar-refractivity contribution in [1.82, 2.24) is 5.32 Å². The molecule has 2 atom stereocenters. The zero-order valence-electron chi connectivity index (χ0n) is 11.4. The summed E-state index contributed by atoms with van der Waals surface area (Å²) in [4.78, 5) is 34.8. The van der Waals surface area contributed by atoms with Gasteiger partial charge in [-0.2, -0.15) is 0 Å². The van der Waals surface area contributed by atoms with Gasteiger partial charge in [-0.1, -0.05) is 23.7 Å². The molecule has 0 saturated carbocycles. The molecule has 0 aromatic heterocycles. The Hall–Kier alpha value is -2.08. The third-order valence-electron chi connectivity index (χ3n) is 3.07. The van der Waals surface area contributed by atoms with E-state index >= 15 is 0 Å². The fourth-order valence-electron chi connectivity index (χ4n) is 1.90. The van der Waals surface area contributed by atoms with Crippen LogP contribution in [0.3, 0.4) is 0 Å². The lowest BCUT2D eigenvalue weighted by molar-refractivity contribution is -0.155. The minimum Gasteiger partial charge on any atom is -0.451 e. The molecule has 1 fully saturated rings. The molecule has 7 heteroatoms. The quantitative estimate of drug-likeness (QED) is 0.825. The van der Waals surface area contributed by atoms with Crippen LogP contribution in [-0.2, 0) is 19.1 Å². The number of nitrogens with one attached hydrogen (secondary N) is 2. The summed E-state index contributed by atoms with van der Waals surface area (Å²) in [5.74, 6) is -1.28. The van der Waals surface area contributed by atoms with Crippen molar-refractivity contribution in [3.63, 3.8) is 0 Å². The number of para-hydroxylation sites is 1. The van der Waals surface area contributed by atoms with E-state index in [9.17, 15) is 14.4 Å². The van der Waals surface area contributed by atoms with Crippen molar-refractivity contribution in [2.45, 2.75) is 31.9 Å². The van der Waals surface area contributed by atoms with Crippen molar-refractivity contribution in [2.24, 2.45) is 0 Å². The van der Waals surface area contributed by atoms with E-state index in [1.165, 1.54) is 6.92 Å². The molecule has 0 radical (unpaired) electrons. The molecule has 1 aliphatic rings. The summed E-state index contributed by atoms with van der Waals surface area (Å²) in [5, 5.41) is 5.47. The number of ether oxygens (including phenoxy) is 1. The van der Waals surface area contributed by atoms with Gasteiger partial charge in [0.25, 0.3) is 5.91 Å². The highest BCUT2D eigenvalue weighted by Gasteiger charge is 2.30. The second-order valence-electron chi connectivity index (χ2n) is 4.71. The Bertz CT molecular complexity index is 576. The van der Waals surface area contributed by atoms with E-state index in [0.29, 0.717) is 23.6 Å². The van der Waals surface area contributed by atoms with Gasteiger partial charge in [-0.05, 0) is 25.5 Å². The molecule has 0 spiro atoms. The summed E-state index contributed by atoms with van der Waals surface area (Å²) in [5.41, 5.74) is 0.446. The molecule has 0 bridgehead atoms. The van der Waals surface area contributed by atoms with Crippen LogP contribution in [0.4, 0.5) is 5.69 Å². The average molecular weight is 311 g/mol. The normalized spacial score (nSPS) is 18.8. The first kappa shape index (κ1) is 15.3. The van der Waals surface area contributed by atoms with Gasteiger partial charge in [0.05, 0.1) is 10.7 Å². The molecular weight excluding hydrogens is 296 g/mol. The van der Waals surface area contributed by atoms with Crippen molar-refractivity contribution >= 4 is 35.1 Å². The molecule has 6 nitrogen and oxygen atoms in total. The standard InChI is InChI=1S/C14H15ClN2O4/c1-8(21-14(20)11-6-7-12(18)16-11)13(19)17-10-5-3-2-4-9(10)15/h2-5,8,11H,6-7H2,1H3,(H,16,18)(H,17,19)/t8-,11+/m1/s1. The molecule has 1 aliphatic heterocycles. The van der Waals surface area contributed by atoms with Crippen molar-refractivity contribution in [3.8, 4) is 0 Å². The third-order valence-corrected chi connectivity index (χ3v) is 3.40. The van der Waals surface area contributed by atoms with Gasteiger partial charge in [0.1, 0.15) is 6.04 Å². The molecule has 1 aromatic carbocycles. The van der Waals surface area contributed by atoms with E-state index in [1.54, 1.807) is 24.3 Å². The number of anilines is 1. The van der Waals surface area contributed by atoms with Crippen molar-refractivity contribution in [3.05, 3.63) is 29.3 Å². The summed E-state index contributed by atoms with van der Waals surface area (Å²) in [6.45, 7) is 1.46. The van der Waals surface area contributed by atoms with Crippen LogP contribution in [0.1, 0.15) is 19.8 Å². The van der Waals surface area contributed by atoms with Gasteiger partial charge < -0.3 is 15.4 Å². The number of esters is 1. The zero-order chi connectivity index (χ0) is 15.4. The average Bonchev–Trinajstić information content (AvgIpc) is 2.88. The van der Waals surface area contributed by atoms with Crippen LogP contribution in [-0.4, -0.2) is 29.9 Å². The molecule has 1 heterocycles. The Morgan fingerprint density at radius 2 is 2.14 bits per heavy atom. The van der Waals surface area contributed by atoms with Crippen LogP contribution in [0.25, 0.3) is 0 Å². The maximum absolute atomic E-state index is 11.9. The summed E-state index contributed by atoms with van der Waals surface area (Å²) >= 11 is 5.93. The van der Waals surface area contributed by atoms with E-state index in [4.69, 9.17) is 16.3 Å². The maximum Gasteiger partial charge on any atom is 0.329 e. The van der Waals surface area contributed by atoms with Crippen LogP contribution in [0.5, 0.6) is 0 Å². The first-order valence-electron chi connectivity index (χ1n) is 6.52. The number of amides is 2. The Labute approximate surface area is 126 Å². The Kier molecular flexibility index (Phi) is 4.80. The summed E-state index contributed by atoms with van der Waals surface area (Å²) in [6, 6.07) is 6.08. The summed E-state index contributed by atoms with van der Waals surface area (Å²) in [7, 11) is 0. The minimum absolute atomic E-state index is 0.190. The van der Waals surface area contributed by atoms with Gasteiger partial charge in [-0.15, -0.1) is 0 Å². The van der Waals surface area contributed by atoms with E-state index in [-0.39, 0.29) is 5.91 Å². The molecule has 1 saturated heterocycles. The van der Waals surface area contributed by atoms with Gasteiger partial charge in [0.2, 0.25) is 5.91 Å². The van der Waals surface area contributed by atoms with Gasteiger partial charge >= 0.3 is 5.97 Å². The SMILES string of the molecule is C[C@@H](OC(=O)[C@@H]1CCC(=O)N1)C(=O)Nc1ccccc1Cl. The van der Waals surface area contributed by atoms with Gasteiger partial charge in [-0.3, -0.25) is 9.59 Å². The first-order chi connectivity index (χ1) is 9.97. The largest absolute Gasteiger partial charge is 0.451 e.